The topological polar surface area (TPSA) is 66.6 Å². The van der Waals surface area contributed by atoms with Gasteiger partial charge in [-0.2, -0.15) is 5.10 Å². The lowest BCUT2D eigenvalue weighted by molar-refractivity contribution is 0.0924. The van der Waals surface area contributed by atoms with Gasteiger partial charge in [-0.25, -0.2) is 4.52 Å². The summed E-state index contributed by atoms with van der Waals surface area (Å²) in [5.41, 5.74) is 1.33. The van der Waals surface area contributed by atoms with Crippen LogP contribution in [0, 0.1) is 0 Å². The van der Waals surface area contributed by atoms with Crippen LogP contribution in [-0.2, 0) is 0 Å². The molecule has 0 saturated heterocycles. The van der Waals surface area contributed by atoms with E-state index in [9.17, 15) is 9.90 Å². The maximum Gasteiger partial charge on any atom is 0.255 e. The highest BCUT2D eigenvalue weighted by Gasteiger charge is 2.15. The quantitative estimate of drug-likeness (QED) is 0.853. The summed E-state index contributed by atoms with van der Waals surface area (Å²) in [4.78, 5) is 12.1. The van der Waals surface area contributed by atoms with Crippen molar-refractivity contribution in [2.24, 2.45) is 0 Å². The lowest BCUT2D eigenvalue weighted by Gasteiger charge is -2.14. The van der Waals surface area contributed by atoms with Crippen LogP contribution in [0.5, 0.6) is 0 Å². The van der Waals surface area contributed by atoms with Gasteiger partial charge in [-0.3, -0.25) is 4.79 Å². The molecule has 0 aliphatic carbocycles. The number of pyridine rings is 1. The number of carbonyl (C=O) groups excluding carboxylic acids is 1. The molecule has 0 saturated carbocycles. The number of hydrogen-bond acceptors (Lipinski definition) is 3. The van der Waals surface area contributed by atoms with Crippen molar-refractivity contribution in [3.63, 3.8) is 0 Å². The molecule has 0 aliphatic heterocycles. The van der Waals surface area contributed by atoms with Gasteiger partial charge in [0.25, 0.3) is 5.91 Å². The van der Waals surface area contributed by atoms with Crippen LogP contribution in [-0.4, -0.2) is 32.8 Å². The van der Waals surface area contributed by atoms with E-state index in [1.807, 2.05) is 25.1 Å². The Kier molecular flexibility index (Phi) is 3.62. The third-order valence-corrected chi connectivity index (χ3v) is 2.74. The predicted molar refractivity (Wildman–Crippen MR) is 68.4 cm³/mol. The van der Waals surface area contributed by atoms with E-state index >= 15 is 0 Å². The summed E-state index contributed by atoms with van der Waals surface area (Å²) in [5, 5.41) is 16.2. The van der Waals surface area contributed by atoms with Crippen molar-refractivity contribution >= 4 is 11.4 Å². The summed E-state index contributed by atoms with van der Waals surface area (Å²) in [5.74, 6) is -0.163. The number of rotatable bonds is 4. The number of aliphatic hydroxyl groups excluding tert-OH is 1. The monoisotopic (exact) mass is 247 g/mol. The van der Waals surface area contributed by atoms with Gasteiger partial charge in [0.1, 0.15) is 0 Å². The summed E-state index contributed by atoms with van der Waals surface area (Å²) in [6, 6.07) is 5.50. The van der Waals surface area contributed by atoms with Crippen molar-refractivity contribution in [3.05, 3.63) is 36.2 Å². The van der Waals surface area contributed by atoms with Crippen LogP contribution in [0.2, 0.25) is 0 Å². The van der Waals surface area contributed by atoms with E-state index in [-0.39, 0.29) is 11.9 Å². The molecule has 2 aromatic rings. The molecule has 2 N–H and O–H groups in total. The van der Waals surface area contributed by atoms with Gasteiger partial charge < -0.3 is 10.4 Å². The average Bonchev–Trinajstić information content (AvgIpc) is 2.71. The lowest BCUT2D eigenvalue weighted by atomic mass is 10.1. The van der Waals surface area contributed by atoms with Crippen LogP contribution < -0.4 is 5.32 Å². The lowest BCUT2D eigenvalue weighted by Crippen LogP contribution is -2.34. The van der Waals surface area contributed by atoms with E-state index in [2.05, 4.69) is 10.4 Å². The molecule has 2 aromatic heterocycles. The number of aliphatic hydroxyl groups is 1. The molecule has 1 amide bonds. The van der Waals surface area contributed by atoms with Crippen LogP contribution in [0.25, 0.3) is 5.52 Å². The van der Waals surface area contributed by atoms with Crippen molar-refractivity contribution in [3.8, 4) is 0 Å². The Bertz CT molecular complexity index is 548. The van der Waals surface area contributed by atoms with Gasteiger partial charge in [-0.1, -0.05) is 6.07 Å². The molecule has 0 aromatic carbocycles. The highest BCUT2D eigenvalue weighted by molar-refractivity contribution is 6.00. The first-order valence-corrected chi connectivity index (χ1v) is 5.99. The van der Waals surface area contributed by atoms with E-state index < -0.39 is 6.10 Å². The van der Waals surface area contributed by atoms with Crippen molar-refractivity contribution < 1.29 is 9.90 Å². The third kappa shape index (κ3) is 2.68. The van der Waals surface area contributed by atoms with Crippen molar-refractivity contribution in [2.75, 3.05) is 0 Å². The van der Waals surface area contributed by atoms with E-state index in [4.69, 9.17) is 0 Å². The molecule has 2 rings (SSSR count). The molecule has 5 nitrogen and oxygen atoms in total. The number of aromatic nitrogens is 2. The predicted octanol–water partition coefficient (Wildman–Crippen LogP) is 1.22. The van der Waals surface area contributed by atoms with Crippen LogP contribution in [0.4, 0.5) is 0 Å². The summed E-state index contributed by atoms with van der Waals surface area (Å²) < 4.78 is 1.66. The molecule has 2 atom stereocenters. The standard InChI is InChI=1S/C13H17N3O2/c1-9(7-10(2)17)15-13(18)11-8-14-16-6-4-3-5-12(11)16/h3-6,8-10,17H,7H2,1-2H3,(H,15,18). The summed E-state index contributed by atoms with van der Waals surface area (Å²) in [6.07, 6.45) is 3.46. The van der Waals surface area contributed by atoms with Gasteiger partial charge in [-0.15, -0.1) is 0 Å². The maximum atomic E-state index is 12.1. The van der Waals surface area contributed by atoms with Crippen molar-refractivity contribution in [1.29, 1.82) is 0 Å². The first-order chi connectivity index (χ1) is 8.58. The van der Waals surface area contributed by atoms with Gasteiger partial charge >= 0.3 is 0 Å². The molecular weight excluding hydrogens is 230 g/mol. The Hall–Kier alpha value is -1.88. The van der Waals surface area contributed by atoms with Gasteiger partial charge in [0.2, 0.25) is 0 Å². The number of nitrogens with one attached hydrogen (secondary N) is 1. The molecule has 2 unspecified atom stereocenters. The number of nitrogens with zero attached hydrogens (tertiary/aromatic N) is 2. The first kappa shape index (κ1) is 12.6. The zero-order chi connectivity index (χ0) is 13.1. The number of hydrogen-bond donors (Lipinski definition) is 2. The molecule has 18 heavy (non-hydrogen) atoms. The summed E-state index contributed by atoms with van der Waals surface area (Å²) in [7, 11) is 0. The summed E-state index contributed by atoms with van der Waals surface area (Å²) in [6.45, 7) is 3.58. The molecule has 0 fully saturated rings. The minimum absolute atomic E-state index is 0.0730. The molecule has 0 aliphatic rings. The maximum absolute atomic E-state index is 12.1. The van der Waals surface area contributed by atoms with Crippen molar-refractivity contribution in [2.45, 2.75) is 32.4 Å². The largest absolute Gasteiger partial charge is 0.393 e. The van der Waals surface area contributed by atoms with Gasteiger partial charge in [0.15, 0.2) is 0 Å². The fourth-order valence-electron chi connectivity index (χ4n) is 1.98. The Morgan fingerprint density at radius 1 is 1.50 bits per heavy atom. The number of fused-ring (bicyclic) bond motifs is 1. The zero-order valence-corrected chi connectivity index (χ0v) is 10.5. The van der Waals surface area contributed by atoms with Crippen LogP contribution in [0.15, 0.2) is 30.6 Å². The summed E-state index contributed by atoms with van der Waals surface area (Å²) >= 11 is 0. The van der Waals surface area contributed by atoms with Gasteiger partial charge in [0.05, 0.1) is 23.4 Å². The van der Waals surface area contributed by atoms with Crippen molar-refractivity contribution in [1.82, 2.24) is 14.9 Å². The Labute approximate surface area is 105 Å². The Morgan fingerprint density at radius 3 is 3.00 bits per heavy atom. The molecular formula is C13H17N3O2. The molecule has 5 heteroatoms. The van der Waals surface area contributed by atoms with E-state index in [1.54, 1.807) is 23.8 Å². The van der Waals surface area contributed by atoms with Crippen LogP contribution in [0.1, 0.15) is 30.6 Å². The number of carbonyl (C=O) groups is 1. The SMILES string of the molecule is CC(O)CC(C)NC(=O)c1cnn2ccccc12. The normalized spacial score (nSPS) is 14.4. The highest BCUT2D eigenvalue weighted by atomic mass is 16.3. The smallest absolute Gasteiger partial charge is 0.255 e. The second kappa shape index (κ2) is 5.18. The van der Waals surface area contributed by atoms with Crippen LogP contribution in [0.3, 0.4) is 0 Å². The zero-order valence-electron chi connectivity index (χ0n) is 10.5. The molecule has 96 valence electrons. The first-order valence-electron chi connectivity index (χ1n) is 5.99. The third-order valence-electron chi connectivity index (χ3n) is 2.74. The van der Waals surface area contributed by atoms with E-state index in [0.29, 0.717) is 12.0 Å². The van der Waals surface area contributed by atoms with E-state index in [1.165, 1.54) is 0 Å². The Morgan fingerprint density at radius 2 is 2.28 bits per heavy atom. The van der Waals surface area contributed by atoms with Crippen LogP contribution >= 0.6 is 0 Å². The highest BCUT2D eigenvalue weighted by Crippen LogP contribution is 2.10. The molecule has 0 radical (unpaired) electrons. The molecule has 2 heterocycles. The average molecular weight is 247 g/mol. The number of amides is 1. The second-order valence-corrected chi connectivity index (χ2v) is 4.55. The fourth-order valence-corrected chi connectivity index (χ4v) is 1.98. The molecule has 0 bridgehead atoms. The minimum atomic E-state index is -0.427. The minimum Gasteiger partial charge on any atom is -0.393 e. The fraction of sp³-hybridized carbons (Fsp3) is 0.385. The second-order valence-electron chi connectivity index (χ2n) is 4.55. The van der Waals surface area contributed by atoms with Gasteiger partial charge in [-0.05, 0) is 32.4 Å². The molecule has 0 spiro atoms. The van der Waals surface area contributed by atoms with Gasteiger partial charge in [0, 0.05) is 12.2 Å². The van der Waals surface area contributed by atoms with E-state index in [0.717, 1.165) is 5.52 Å². The Balaban J connectivity index is 2.14.